The van der Waals surface area contributed by atoms with Crippen molar-refractivity contribution in [2.45, 2.75) is 20.0 Å². The average molecular weight is 391 g/mol. The Hall–Kier alpha value is -3.59. The zero-order valence-electron chi connectivity index (χ0n) is 17.1. The number of rotatable bonds is 7. The van der Waals surface area contributed by atoms with Gasteiger partial charge in [0.25, 0.3) is 5.91 Å². The summed E-state index contributed by atoms with van der Waals surface area (Å²) in [6.45, 7) is 3.79. The standard InChI is InChI=1S/C23H25N3O3/c1-5-26(21-9-7-6-8-10-21)22(27)17(2)29-23(28)19(16-24)15-18-11-13-20(14-12-18)25(3)4/h6-15,17H,5H2,1-4H3/b19-15+/t17-/m0/s1. The Morgan fingerprint density at radius 1 is 1.07 bits per heavy atom. The summed E-state index contributed by atoms with van der Waals surface area (Å²) in [4.78, 5) is 28.6. The molecule has 1 atom stereocenters. The van der Waals surface area contributed by atoms with E-state index in [1.165, 1.54) is 17.9 Å². The van der Waals surface area contributed by atoms with Gasteiger partial charge >= 0.3 is 5.97 Å². The summed E-state index contributed by atoms with van der Waals surface area (Å²) in [5, 5.41) is 9.36. The molecule has 0 bridgehead atoms. The normalized spacial score (nSPS) is 11.9. The van der Waals surface area contributed by atoms with E-state index in [1.54, 1.807) is 0 Å². The van der Waals surface area contributed by atoms with Crippen LogP contribution in [0.5, 0.6) is 0 Å². The smallest absolute Gasteiger partial charge is 0.349 e. The second kappa shape index (κ2) is 10.1. The van der Waals surface area contributed by atoms with Crippen molar-refractivity contribution in [1.82, 2.24) is 0 Å². The summed E-state index contributed by atoms with van der Waals surface area (Å²) >= 11 is 0. The molecule has 0 aliphatic heterocycles. The Bertz CT molecular complexity index is 913. The van der Waals surface area contributed by atoms with Gasteiger partial charge in [-0.05, 0) is 49.8 Å². The summed E-state index contributed by atoms with van der Waals surface area (Å²) in [6, 6.07) is 18.4. The van der Waals surface area contributed by atoms with Crippen molar-refractivity contribution in [3.63, 3.8) is 0 Å². The Morgan fingerprint density at radius 3 is 2.21 bits per heavy atom. The number of likely N-dealkylation sites (N-methyl/N-ethyl adjacent to an activating group) is 1. The molecule has 0 saturated carbocycles. The second-order valence-corrected chi connectivity index (χ2v) is 6.62. The number of carbonyl (C=O) groups is 2. The number of esters is 1. The zero-order chi connectivity index (χ0) is 21.4. The minimum atomic E-state index is -1.02. The van der Waals surface area contributed by atoms with E-state index in [2.05, 4.69) is 0 Å². The van der Waals surface area contributed by atoms with Gasteiger partial charge in [-0.15, -0.1) is 0 Å². The Kier molecular flexibility index (Phi) is 7.55. The van der Waals surface area contributed by atoms with E-state index in [1.807, 2.05) is 86.6 Å². The number of nitriles is 1. The van der Waals surface area contributed by atoms with Crippen LogP contribution in [0.3, 0.4) is 0 Å². The van der Waals surface area contributed by atoms with Gasteiger partial charge in [0.1, 0.15) is 11.6 Å². The maximum Gasteiger partial charge on any atom is 0.349 e. The predicted molar refractivity (Wildman–Crippen MR) is 114 cm³/mol. The van der Waals surface area contributed by atoms with Crippen LogP contribution in [0.4, 0.5) is 11.4 Å². The molecule has 0 unspecified atom stereocenters. The van der Waals surface area contributed by atoms with Crippen molar-refractivity contribution in [3.05, 3.63) is 65.7 Å². The van der Waals surface area contributed by atoms with Crippen LogP contribution >= 0.6 is 0 Å². The number of carbonyl (C=O) groups excluding carboxylic acids is 2. The molecule has 6 heteroatoms. The summed E-state index contributed by atoms with van der Waals surface area (Å²) in [7, 11) is 3.85. The van der Waals surface area contributed by atoms with Gasteiger partial charge in [0, 0.05) is 32.0 Å². The molecule has 0 aliphatic rings. The number of hydrogen-bond donors (Lipinski definition) is 0. The van der Waals surface area contributed by atoms with E-state index in [0.717, 1.165) is 11.4 Å². The lowest BCUT2D eigenvalue weighted by atomic mass is 10.1. The fourth-order valence-corrected chi connectivity index (χ4v) is 2.74. The Morgan fingerprint density at radius 2 is 1.69 bits per heavy atom. The van der Waals surface area contributed by atoms with Crippen LogP contribution in [-0.2, 0) is 14.3 Å². The highest BCUT2D eigenvalue weighted by atomic mass is 16.5. The zero-order valence-corrected chi connectivity index (χ0v) is 17.1. The summed E-state index contributed by atoms with van der Waals surface area (Å²) in [5.74, 6) is -1.17. The van der Waals surface area contributed by atoms with Gasteiger partial charge in [0.05, 0.1) is 0 Å². The minimum absolute atomic E-state index is 0.162. The van der Waals surface area contributed by atoms with E-state index in [-0.39, 0.29) is 11.5 Å². The molecule has 0 aromatic heterocycles. The number of para-hydroxylation sites is 1. The molecule has 1 amide bonds. The number of ether oxygens (including phenoxy) is 1. The molecule has 0 radical (unpaired) electrons. The number of nitrogens with zero attached hydrogens (tertiary/aromatic N) is 3. The van der Waals surface area contributed by atoms with Crippen LogP contribution in [0.1, 0.15) is 19.4 Å². The molecular weight excluding hydrogens is 366 g/mol. The lowest BCUT2D eigenvalue weighted by Gasteiger charge is -2.24. The first-order valence-electron chi connectivity index (χ1n) is 9.34. The molecule has 6 nitrogen and oxygen atoms in total. The monoisotopic (exact) mass is 391 g/mol. The molecular formula is C23H25N3O3. The van der Waals surface area contributed by atoms with Crippen molar-refractivity contribution in [2.24, 2.45) is 0 Å². The highest BCUT2D eigenvalue weighted by Crippen LogP contribution is 2.17. The number of amides is 1. The number of hydrogen-bond acceptors (Lipinski definition) is 5. The third-order valence-corrected chi connectivity index (χ3v) is 4.34. The Labute approximate surface area is 171 Å². The maximum absolute atomic E-state index is 12.7. The van der Waals surface area contributed by atoms with Crippen LogP contribution in [0, 0.1) is 11.3 Å². The fraction of sp³-hybridized carbons (Fsp3) is 0.261. The van der Waals surface area contributed by atoms with E-state index in [0.29, 0.717) is 12.1 Å². The van der Waals surface area contributed by atoms with Crippen LogP contribution in [0.25, 0.3) is 6.08 Å². The summed E-state index contributed by atoms with van der Waals surface area (Å²) in [5.41, 5.74) is 2.26. The molecule has 0 fully saturated rings. The van der Waals surface area contributed by atoms with Gasteiger partial charge in [0.2, 0.25) is 0 Å². The molecule has 2 aromatic carbocycles. The van der Waals surface area contributed by atoms with Crippen molar-refractivity contribution < 1.29 is 14.3 Å². The van der Waals surface area contributed by atoms with Crippen LogP contribution in [-0.4, -0.2) is 38.6 Å². The van der Waals surface area contributed by atoms with Gasteiger partial charge in [-0.25, -0.2) is 4.79 Å². The molecule has 29 heavy (non-hydrogen) atoms. The first-order valence-corrected chi connectivity index (χ1v) is 9.34. The molecule has 0 heterocycles. The first-order chi connectivity index (χ1) is 13.9. The van der Waals surface area contributed by atoms with Crippen LogP contribution in [0.2, 0.25) is 0 Å². The quantitative estimate of drug-likeness (QED) is 0.409. The second-order valence-electron chi connectivity index (χ2n) is 6.62. The average Bonchev–Trinajstić information content (AvgIpc) is 2.73. The molecule has 0 saturated heterocycles. The van der Waals surface area contributed by atoms with Gasteiger partial charge in [-0.2, -0.15) is 5.26 Å². The van der Waals surface area contributed by atoms with Crippen molar-refractivity contribution in [2.75, 3.05) is 30.4 Å². The van der Waals surface area contributed by atoms with Crippen LogP contribution < -0.4 is 9.80 Å². The van der Waals surface area contributed by atoms with Gasteiger partial charge < -0.3 is 14.5 Å². The van der Waals surface area contributed by atoms with Gasteiger partial charge in [-0.1, -0.05) is 30.3 Å². The summed E-state index contributed by atoms with van der Waals surface area (Å²) in [6.07, 6.45) is 0.434. The van der Waals surface area contributed by atoms with E-state index in [4.69, 9.17) is 4.74 Å². The van der Waals surface area contributed by atoms with E-state index < -0.39 is 12.1 Å². The summed E-state index contributed by atoms with van der Waals surface area (Å²) < 4.78 is 5.27. The fourth-order valence-electron chi connectivity index (χ4n) is 2.74. The SMILES string of the molecule is CCN(C(=O)[C@H](C)OC(=O)/C(C#N)=C/c1ccc(N(C)C)cc1)c1ccccc1. The largest absolute Gasteiger partial charge is 0.448 e. The molecule has 0 aliphatic carbocycles. The van der Waals surface area contributed by atoms with Gasteiger partial charge in [0.15, 0.2) is 6.10 Å². The van der Waals surface area contributed by atoms with E-state index in [9.17, 15) is 14.9 Å². The first kappa shape index (κ1) is 21.7. The Balaban J connectivity index is 2.11. The van der Waals surface area contributed by atoms with E-state index >= 15 is 0 Å². The lowest BCUT2D eigenvalue weighted by molar-refractivity contribution is -0.149. The topological polar surface area (TPSA) is 73.6 Å². The van der Waals surface area contributed by atoms with Crippen LogP contribution in [0.15, 0.2) is 60.2 Å². The molecule has 150 valence electrons. The highest BCUT2D eigenvalue weighted by molar-refractivity contribution is 6.01. The molecule has 2 rings (SSSR count). The number of benzene rings is 2. The highest BCUT2D eigenvalue weighted by Gasteiger charge is 2.25. The minimum Gasteiger partial charge on any atom is -0.448 e. The maximum atomic E-state index is 12.7. The van der Waals surface area contributed by atoms with Crippen molar-refractivity contribution in [3.8, 4) is 6.07 Å². The third-order valence-electron chi connectivity index (χ3n) is 4.34. The van der Waals surface area contributed by atoms with Crippen molar-refractivity contribution in [1.29, 1.82) is 5.26 Å². The lowest BCUT2D eigenvalue weighted by Crippen LogP contribution is -2.40. The van der Waals surface area contributed by atoms with Crippen molar-refractivity contribution >= 4 is 29.3 Å². The third kappa shape index (κ3) is 5.69. The van der Waals surface area contributed by atoms with Gasteiger partial charge in [-0.3, -0.25) is 4.79 Å². The predicted octanol–water partition coefficient (Wildman–Crippen LogP) is 3.64. The molecule has 0 N–H and O–H groups in total. The molecule has 0 spiro atoms. The molecule has 2 aromatic rings. The number of anilines is 2.